The number of hydrogen-bond donors (Lipinski definition) is 2. The SMILES string of the molecule is CCCOC1CCCN(c2cc(C)ccc2C(N)=NO)C1. The van der Waals surface area contributed by atoms with Crippen molar-refractivity contribution in [2.75, 3.05) is 24.6 Å². The minimum absolute atomic E-state index is 0.154. The van der Waals surface area contributed by atoms with E-state index < -0.39 is 0 Å². The van der Waals surface area contributed by atoms with Crippen LogP contribution in [0.5, 0.6) is 0 Å². The van der Waals surface area contributed by atoms with Gasteiger partial charge in [0.15, 0.2) is 5.84 Å². The van der Waals surface area contributed by atoms with Crippen LogP contribution in [0.3, 0.4) is 0 Å². The summed E-state index contributed by atoms with van der Waals surface area (Å²) in [5.74, 6) is 0.154. The van der Waals surface area contributed by atoms with E-state index in [9.17, 15) is 0 Å². The van der Waals surface area contributed by atoms with Gasteiger partial charge in [0.05, 0.1) is 6.10 Å². The first-order valence-corrected chi connectivity index (χ1v) is 7.60. The molecule has 1 fully saturated rings. The third-order valence-electron chi connectivity index (χ3n) is 3.81. The second-order valence-electron chi connectivity index (χ2n) is 5.59. The number of rotatable bonds is 5. The average Bonchev–Trinajstić information content (AvgIpc) is 2.52. The summed E-state index contributed by atoms with van der Waals surface area (Å²) >= 11 is 0. The van der Waals surface area contributed by atoms with Crippen LogP contribution in [0.4, 0.5) is 5.69 Å². The lowest BCUT2D eigenvalue weighted by Gasteiger charge is -2.35. The Morgan fingerprint density at radius 1 is 1.52 bits per heavy atom. The summed E-state index contributed by atoms with van der Waals surface area (Å²) in [6.07, 6.45) is 3.49. The zero-order valence-electron chi connectivity index (χ0n) is 12.9. The molecule has 0 amide bonds. The molecule has 21 heavy (non-hydrogen) atoms. The summed E-state index contributed by atoms with van der Waals surface area (Å²) in [5.41, 5.74) is 8.77. The van der Waals surface area contributed by atoms with Gasteiger partial charge in [-0.2, -0.15) is 0 Å². The van der Waals surface area contributed by atoms with Crippen LogP contribution in [0, 0.1) is 6.92 Å². The Kier molecular flexibility index (Phi) is 5.44. The van der Waals surface area contributed by atoms with Crippen LogP contribution in [-0.4, -0.2) is 36.8 Å². The lowest BCUT2D eigenvalue weighted by atomic mass is 10.0. The second kappa shape index (κ2) is 7.31. The quantitative estimate of drug-likeness (QED) is 0.378. The Morgan fingerprint density at radius 2 is 2.33 bits per heavy atom. The van der Waals surface area contributed by atoms with Gasteiger partial charge in [0.2, 0.25) is 0 Å². The van der Waals surface area contributed by atoms with Crippen molar-refractivity contribution in [3.63, 3.8) is 0 Å². The molecule has 116 valence electrons. The van der Waals surface area contributed by atoms with Crippen LogP contribution < -0.4 is 10.6 Å². The normalized spacial score (nSPS) is 19.8. The number of piperidine rings is 1. The number of benzene rings is 1. The highest BCUT2D eigenvalue weighted by atomic mass is 16.5. The maximum absolute atomic E-state index is 8.97. The van der Waals surface area contributed by atoms with E-state index in [1.165, 1.54) is 0 Å². The Hall–Kier alpha value is -1.75. The molecule has 0 saturated carbocycles. The first-order valence-electron chi connectivity index (χ1n) is 7.60. The molecule has 5 heteroatoms. The highest BCUT2D eigenvalue weighted by Crippen LogP contribution is 2.26. The highest BCUT2D eigenvalue weighted by Gasteiger charge is 2.23. The van der Waals surface area contributed by atoms with Crippen molar-refractivity contribution in [1.82, 2.24) is 0 Å². The van der Waals surface area contributed by atoms with E-state index in [2.05, 4.69) is 30.0 Å². The average molecular weight is 291 g/mol. The number of hydrogen-bond acceptors (Lipinski definition) is 4. The summed E-state index contributed by atoms with van der Waals surface area (Å²) in [6.45, 7) is 6.81. The van der Waals surface area contributed by atoms with Gasteiger partial charge in [0.25, 0.3) is 0 Å². The summed E-state index contributed by atoms with van der Waals surface area (Å²) in [7, 11) is 0. The van der Waals surface area contributed by atoms with Gasteiger partial charge in [-0.05, 0) is 43.9 Å². The van der Waals surface area contributed by atoms with E-state index in [0.29, 0.717) is 0 Å². The maximum Gasteiger partial charge on any atom is 0.172 e. The molecule has 1 heterocycles. The second-order valence-corrected chi connectivity index (χ2v) is 5.59. The number of aryl methyl sites for hydroxylation is 1. The number of oxime groups is 1. The number of nitrogens with two attached hydrogens (primary N) is 1. The molecule has 2 rings (SSSR count). The topological polar surface area (TPSA) is 71.1 Å². The largest absolute Gasteiger partial charge is 0.409 e. The zero-order chi connectivity index (χ0) is 15.2. The highest BCUT2D eigenvalue weighted by molar-refractivity contribution is 6.02. The monoisotopic (exact) mass is 291 g/mol. The van der Waals surface area contributed by atoms with Crippen molar-refractivity contribution in [1.29, 1.82) is 0 Å². The fraction of sp³-hybridized carbons (Fsp3) is 0.562. The van der Waals surface area contributed by atoms with Crippen LogP contribution in [0.1, 0.15) is 37.3 Å². The molecular formula is C16H25N3O2. The van der Waals surface area contributed by atoms with Gasteiger partial charge in [0, 0.05) is 30.9 Å². The van der Waals surface area contributed by atoms with Gasteiger partial charge in [-0.15, -0.1) is 0 Å². The van der Waals surface area contributed by atoms with Crippen molar-refractivity contribution in [3.8, 4) is 0 Å². The molecule has 5 nitrogen and oxygen atoms in total. The van der Waals surface area contributed by atoms with Gasteiger partial charge in [-0.1, -0.05) is 18.1 Å². The molecule has 1 unspecified atom stereocenters. The van der Waals surface area contributed by atoms with E-state index in [-0.39, 0.29) is 11.9 Å². The van der Waals surface area contributed by atoms with Gasteiger partial charge in [-0.3, -0.25) is 0 Å². The zero-order valence-corrected chi connectivity index (χ0v) is 12.9. The molecule has 1 aliphatic rings. The molecule has 1 aliphatic heterocycles. The van der Waals surface area contributed by atoms with E-state index in [1.54, 1.807) is 0 Å². The van der Waals surface area contributed by atoms with E-state index in [0.717, 1.165) is 55.8 Å². The third-order valence-corrected chi connectivity index (χ3v) is 3.81. The van der Waals surface area contributed by atoms with Gasteiger partial charge >= 0.3 is 0 Å². The van der Waals surface area contributed by atoms with E-state index in [4.69, 9.17) is 15.7 Å². The first kappa shape index (κ1) is 15.6. The predicted molar refractivity (Wildman–Crippen MR) is 85.2 cm³/mol. The Morgan fingerprint density at radius 3 is 3.05 bits per heavy atom. The first-order chi connectivity index (χ1) is 10.2. The van der Waals surface area contributed by atoms with E-state index in [1.807, 2.05) is 12.1 Å². The minimum Gasteiger partial charge on any atom is -0.409 e. The molecule has 1 aromatic rings. The molecule has 0 bridgehead atoms. The summed E-state index contributed by atoms with van der Waals surface area (Å²) in [6, 6.07) is 5.98. The summed E-state index contributed by atoms with van der Waals surface area (Å²) < 4.78 is 5.89. The van der Waals surface area contributed by atoms with Gasteiger partial charge < -0.3 is 20.6 Å². The van der Waals surface area contributed by atoms with Crippen molar-refractivity contribution < 1.29 is 9.94 Å². The fourth-order valence-corrected chi connectivity index (χ4v) is 2.75. The molecule has 1 saturated heterocycles. The molecular weight excluding hydrogens is 266 g/mol. The van der Waals surface area contributed by atoms with Gasteiger partial charge in [0.1, 0.15) is 0 Å². The third kappa shape index (κ3) is 3.88. The molecule has 0 radical (unpaired) electrons. The number of amidine groups is 1. The molecule has 1 aromatic carbocycles. The predicted octanol–water partition coefficient (Wildman–Crippen LogP) is 2.48. The van der Waals surface area contributed by atoms with Crippen LogP contribution in [-0.2, 0) is 4.74 Å². The van der Waals surface area contributed by atoms with Crippen molar-refractivity contribution in [2.24, 2.45) is 10.9 Å². The fourth-order valence-electron chi connectivity index (χ4n) is 2.75. The van der Waals surface area contributed by atoms with Crippen molar-refractivity contribution in [2.45, 2.75) is 39.2 Å². The Balaban J connectivity index is 2.21. The van der Waals surface area contributed by atoms with E-state index >= 15 is 0 Å². The summed E-state index contributed by atoms with van der Waals surface area (Å²) in [5, 5.41) is 12.1. The maximum atomic E-state index is 8.97. The molecule has 1 atom stereocenters. The molecule has 0 aromatic heterocycles. The van der Waals surface area contributed by atoms with Crippen molar-refractivity contribution >= 4 is 11.5 Å². The lowest BCUT2D eigenvalue weighted by Crippen LogP contribution is -2.40. The van der Waals surface area contributed by atoms with Gasteiger partial charge in [-0.25, -0.2) is 0 Å². The van der Waals surface area contributed by atoms with Crippen LogP contribution in [0.2, 0.25) is 0 Å². The van der Waals surface area contributed by atoms with Crippen LogP contribution in [0.15, 0.2) is 23.4 Å². The molecule has 0 aliphatic carbocycles. The standard InChI is InChI=1S/C16H25N3O2/c1-3-9-21-13-5-4-8-19(11-13)15-10-12(2)6-7-14(15)16(17)18-20/h6-7,10,13,20H,3-5,8-9,11H2,1-2H3,(H2,17,18). The lowest BCUT2D eigenvalue weighted by molar-refractivity contribution is 0.0440. The smallest absolute Gasteiger partial charge is 0.172 e. The number of anilines is 1. The Bertz CT molecular complexity index is 502. The van der Waals surface area contributed by atoms with Crippen LogP contribution in [0.25, 0.3) is 0 Å². The van der Waals surface area contributed by atoms with Crippen LogP contribution >= 0.6 is 0 Å². The number of ether oxygens (including phenoxy) is 1. The minimum atomic E-state index is 0.154. The number of nitrogens with zero attached hydrogens (tertiary/aromatic N) is 2. The summed E-state index contributed by atoms with van der Waals surface area (Å²) in [4.78, 5) is 2.28. The molecule has 0 spiro atoms. The molecule has 3 N–H and O–H groups in total. The Labute approximate surface area is 126 Å². The van der Waals surface area contributed by atoms with Crippen molar-refractivity contribution in [3.05, 3.63) is 29.3 Å².